The first kappa shape index (κ1) is 14.7. The van der Waals surface area contributed by atoms with Gasteiger partial charge < -0.3 is 5.73 Å². The molecular weight excluding hydrogens is 296 g/mol. The van der Waals surface area contributed by atoms with E-state index in [0.29, 0.717) is 10.7 Å². The second-order valence-corrected chi connectivity index (χ2v) is 6.82. The third-order valence-electron chi connectivity index (χ3n) is 3.07. The quantitative estimate of drug-likeness (QED) is 0.886. The number of aryl methyl sites for hydroxylation is 1. The summed E-state index contributed by atoms with van der Waals surface area (Å²) in [6.07, 6.45) is 0. The molecule has 0 fully saturated rings. The molecule has 0 atom stereocenters. The van der Waals surface area contributed by atoms with Crippen LogP contribution in [-0.4, -0.2) is 15.5 Å². The van der Waals surface area contributed by atoms with Crippen molar-refractivity contribution in [3.63, 3.8) is 0 Å². The van der Waals surface area contributed by atoms with Crippen LogP contribution in [0.1, 0.15) is 5.56 Å². The van der Waals surface area contributed by atoms with Crippen LogP contribution in [0.15, 0.2) is 47.4 Å². The number of nitrogens with zero attached hydrogens (tertiary/aromatic N) is 1. The zero-order valence-corrected chi connectivity index (χ0v) is 12.7. The van der Waals surface area contributed by atoms with E-state index in [0.717, 1.165) is 5.56 Å². The number of rotatable bonds is 3. The predicted octanol–water partition coefficient (Wildman–Crippen LogP) is 3.06. The molecule has 20 heavy (non-hydrogen) atoms. The molecule has 2 rings (SSSR count). The van der Waals surface area contributed by atoms with Gasteiger partial charge in [0.25, 0.3) is 10.0 Å². The second kappa shape index (κ2) is 5.34. The summed E-state index contributed by atoms with van der Waals surface area (Å²) in [6.45, 7) is 1.85. The lowest BCUT2D eigenvalue weighted by atomic mass is 10.2. The highest BCUT2D eigenvalue weighted by molar-refractivity contribution is 7.93. The lowest BCUT2D eigenvalue weighted by Gasteiger charge is -2.22. The molecule has 2 aromatic carbocycles. The number of anilines is 2. The van der Waals surface area contributed by atoms with E-state index in [1.807, 2.05) is 19.1 Å². The second-order valence-electron chi connectivity index (χ2n) is 4.44. The summed E-state index contributed by atoms with van der Waals surface area (Å²) in [7, 11) is -2.25. The van der Waals surface area contributed by atoms with E-state index in [4.69, 9.17) is 17.3 Å². The fourth-order valence-electron chi connectivity index (χ4n) is 1.93. The van der Waals surface area contributed by atoms with Crippen molar-refractivity contribution in [3.05, 3.63) is 53.1 Å². The van der Waals surface area contributed by atoms with Gasteiger partial charge in [0.05, 0.1) is 11.4 Å². The fourth-order valence-corrected chi connectivity index (χ4v) is 3.56. The molecule has 0 spiro atoms. The topological polar surface area (TPSA) is 63.4 Å². The number of sulfonamides is 1. The maximum atomic E-state index is 12.6. The van der Waals surface area contributed by atoms with Crippen LogP contribution < -0.4 is 10.0 Å². The number of nitrogen functional groups attached to an aromatic ring is 1. The van der Waals surface area contributed by atoms with Crippen molar-refractivity contribution in [2.45, 2.75) is 11.8 Å². The predicted molar refractivity (Wildman–Crippen MR) is 82.6 cm³/mol. The first-order valence-electron chi connectivity index (χ1n) is 5.93. The summed E-state index contributed by atoms with van der Waals surface area (Å²) in [5.41, 5.74) is 7.40. The molecule has 0 aromatic heterocycles. The van der Waals surface area contributed by atoms with Crippen molar-refractivity contribution in [1.82, 2.24) is 0 Å². The van der Waals surface area contributed by atoms with Crippen molar-refractivity contribution < 1.29 is 8.42 Å². The maximum absolute atomic E-state index is 12.6. The molecule has 0 heterocycles. The first-order valence-corrected chi connectivity index (χ1v) is 7.75. The van der Waals surface area contributed by atoms with Crippen molar-refractivity contribution in [3.8, 4) is 0 Å². The van der Waals surface area contributed by atoms with Gasteiger partial charge in [-0.1, -0.05) is 29.8 Å². The van der Waals surface area contributed by atoms with Gasteiger partial charge in [0.2, 0.25) is 0 Å². The van der Waals surface area contributed by atoms with Crippen LogP contribution in [0, 0.1) is 6.92 Å². The van der Waals surface area contributed by atoms with Gasteiger partial charge in [0.15, 0.2) is 0 Å². The highest BCUT2D eigenvalue weighted by Crippen LogP contribution is 2.29. The molecule has 0 amide bonds. The third-order valence-corrected chi connectivity index (χ3v) is 5.13. The molecule has 0 bridgehead atoms. The van der Waals surface area contributed by atoms with Gasteiger partial charge in [-0.05, 0) is 36.8 Å². The van der Waals surface area contributed by atoms with Crippen LogP contribution in [0.4, 0.5) is 11.4 Å². The molecule has 0 saturated carbocycles. The molecule has 0 unspecified atom stereocenters. The Morgan fingerprint density at radius 2 is 1.80 bits per heavy atom. The molecular formula is C14H15ClN2O2S. The molecule has 0 radical (unpaired) electrons. The number of halogens is 1. The number of hydrogen-bond acceptors (Lipinski definition) is 3. The zero-order valence-electron chi connectivity index (χ0n) is 11.2. The lowest BCUT2D eigenvalue weighted by Crippen LogP contribution is -2.27. The molecule has 0 aliphatic carbocycles. The summed E-state index contributed by atoms with van der Waals surface area (Å²) in [5, 5.41) is 0.330. The highest BCUT2D eigenvalue weighted by Gasteiger charge is 2.24. The first-order chi connectivity index (χ1) is 9.34. The molecule has 106 valence electrons. The Bertz CT molecular complexity index is 745. The van der Waals surface area contributed by atoms with Crippen LogP contribution in [0.5, 0.6) is 0 Å². The smallest absolute Gasteiger partial charge is 0.266 e. The van der Waals surface area contributed by atoms with Gasteiger partial charge in [-0.2, -0.15) is 0 Å². The van der Waals surface area contributed by atoms with E-state index >= 15 is 0 Å². The van der Waals surface area contributed by atoms with Crippen LogP contribution in [0.3, 0.4) is 0 Å². The minimum Gasteiger partial charge on any atom is -0.398 e. The molecule has 6 heteroatoms. The van der Waals surface area contributed by atoms with Crippen LogP contribution in [0.2, 0.25) is 5.02 Å². The number of nitrogens with two attached hydrogens (primary N) is 1. The Labute approximate surface area is 123 Å². The average Bonchev–Trinajstić information content (AvgIpc) is 2.41. The normalized spacial score (nSPS) is 11.3. The molecule has 0 saturated heterocycles. The number of hydrogen-bond donors (Lipinski definition) is 1. The SMILES string of the molecule is Cc1ccccc1N(C)S(=O)(=O)c1cc(Cl)ccc1N. The molecule has 0 aliphatic heterocycles. The highest BCUT2D eigenvalue weighted by atomic mass is 35.5. The van der Waals surface area contributed by atoms with Crippen LogP contribution in [-0.2, 0) is 10.0 Å². The summed E-state index contributed by atoms with van der Waals surface area (Å²) in [6, 6.07) is 11.6. The summed E-state index contributed by atoms with van der Waals surface area (Å²) < 4.78 is 26.5. The number of para-hydroxylation sites is 1. The fraction of sp³-hybridized carbons (Fsp3) is 0.143. The Kier molecular flexibility index (Phi) is 3.92. The Morgan fingerprint density at radius 1 is 1.15 bits per heavy atom. The van der Waals surface area contributed by atoms with Gasteiger partial charge in [-0.3, -0.25) is 4.31 Å². The van der Waals surface area contributed by atoms with Crippen molar-refractivity contribution >= 4 is 33.0 Å². The van der Waals surface area contributed by atoms with Crippen molar-refractivity contribution in [2.24, 2.45) is 0 Å². The molecule has 4 nitrogen and oxygen atoms in total. The minimum atomic E-state index is -3.74. The van der Waals surface area contributed by atoms with Gasteiger partial charge >= 0.3 is 0 Å². The van der Waals surface area contributed by atoms with E-state index in [1.54, 1.807) is 18.2 Å². The standard InChI is InChI=1S/C14H15ClN2O2S/c1-10-5-3-4-6-13(10)17(2)20(18,19)14-9-11(15)7-8-12(14)16/h3-9H,16H2,1-2H3. The Balaban J connectivity index is 2.56. The van der Waals surface area contributed by atoms with Gasteiger partial charge in [0, 0.05) is 12.1 Å². The largest absolute Gasteiger partial charge is 0.398 e. The van der Waals surface area contributed by atoms with E-state index in [1.165, 1.54) is 23.5 Å². The van der Waals surface area contributed by atoms with Crippen LogP contribution in [0.25, 0.3) is 0 Å². The van der Waals surface area contributed by atoms with Crippen molar-refractivity contribution in [1.29, 1.82) is 0 Å². The minimum absolute atomic E-state index is 0.00996. The Morgan fingerprint density at radius 3 is 2.45 bits per heavy atom. The molecule has 0 aliphatic rings. The number of benzene rings is 2. The summed E-state index contributed by atoms with van der Waals surface area (Å²) in [4.78, 5) is 0.00996. The lowest BCUT2D eigenvalue weighted by molar-refractivity contribution is 0.594. The van der Waals surface area contributed by atoms with E-state index in [2.05, 4.69) is 0 Å². The average molecular weight is 311 g/mol. The van der Waals surface area contributed by atoms with E-state index in [9.17, 15) is 8.42 Å². The van der Waals surface area contributed by atoms with E-state index in [-0.39, 0.29) is 10.6 Å². The third kappa shape index (κ3) is 2.59. The maximum Gasteiger partial charge on any atom is 0.266 e. The zero-order chi connectivity index (χ0) is 14.9. The molecule has 2 aromatic rings. The molecule has 2 N–H and O–H groups in total. The summed E-state index contributed by atoms with van der Waals surface area (Å²) in [5.74, 6) is 0. The van der Waals surface area contributed by atoms with Gasteiger partial charge in [-0.15, -0.1) is 0 Å². The van der Waals surface area contributed by atoms with Gasteiger partial charge in [-0.25, -0.2) is 8.42 Å². The Hall–Kier alpha value is -1.72. The summed E-state index contributed by atoms with van der Waals surface area (Å²) >= 11 is 5.87. The monoisotopic (exact) mass is 310 g/mol. The van der Waals surface area contributed by atoms with E-state index < -0.39 is 10.0 Å². The van der Waals surface area contributed by atoms with Crippen molar-refractivity contribution in [2.75, 3.05) is 17.1 Å². The van der Waals surface area contributed by atoms with Crippen LogP contribution >= 0.6 is 11.6 Å². The van der Waals surface area contributed by atoms with Gasteiger partial charge in [0.1, 0.15) is 4.90 Å².